The molecule has 9 nitrogen and oxygen atoms in total. The minimum Gasteiger partial charge on any atom is -0.379 e. The molecule has 1 aliphatic heterocycles. The minimum atomic E-state index is -3.65. The number of hydrogen-bond acceptors (Lipinski definition) is 6. The van der Waals surface area contributed by atoms with E-state index in [-0.39, 0.29) is 35.9 Å². The lowest BCUT2D eigenvalue weighted by Crippen LogP contribution is -2.40. The van der Waals surface area contributed by atoms with Crippen molar-refractivity contribution in [2.75, 3.05) is 32.8 Å². The number of benzene rings is 2. The van der Waals surface area contributed by atoms with E-state index in [1.807, 2.05) is 0 Å². The highest BCUT2D eigenvalue weighted by atomic mass is 32.2. The molecular formula is C20H21FN4O5S. The highest BCUT2D eigenvalue weighted by Crippen LogP contribution is 2.17. The van der Waals surface area contributed by atoms with E-state index in [0.29, 0.717) is 18.8 Å². The van der Waals surface area contributed by atoms with Gasteiger partial charge in [-0.2, -0.15) is 9.41 Å². The quantitative estimate of drug-likeness (QED) is 0.478. The highest BCUT2D eigenvalue weighted by molar-refractivity contribution is 7.89. The third-order valence-electron chi connectivity index (χ3n) is 4.41. The lowest BCUT2D eigenvalue weighted by atomic mass is 10.2. The topological polar surface area (TPSA) is 117 Å². The summed E-state index contributed by atoms with van der Waals surface area (Å²) in [6.07, 6.45) is 1.34. The number of hydrogen-bond donors (Lipinski definition) is 2. The van der Waals surface area contributed by atoms with Gasteiger partial charge in [-0.15, -0.1) is 0 Å². The summed E-state index contributed by atoms with van der Waals surface area (Å²) >= 11 is 0. The van der Waals surface area contributed by atoms with Gasteiger partial charge in [-0.3, -0.25) is 9.59 Å². The Morgan fingerprint density at radius 3 is 2.35 bits per heavy atom. The number of nitrogens with one attached hydrogen (secondary N) is 2. The van der Waals surface area contributed by atoms with Gasteiger partial charge < -0.3 is 10.1 Å². The van der Waals surface area contributed by atoms with Crippen LogP contribution >= 0.6 is 0 Å². The number of nitrogens with zero attached hydrogens (tertiary/aromatic N) is 2. The third kappa shape index (κ3) is 6.17. The van der Waals surface area contributed by atoms with Crippen molar-refractivity contribution < 1.29 is 27.1 Å². The summed E-state index contributed by atoms with van der Waals surface area (Å²) in [7, 11) is -3.65. The Bertz CT molecular complexity index is 1050. The van der Waals surface area contributed by atoms with Crippen LogP contribution in [0.2, 0.25) is 0 Å². The molecule has 0 aromatic heterocycles. The van der Waals surface area contributed by atoms with Crippen LogP contribution in [0, 0.1) is 5.82 Å². The van der Waals surface area contributed by atoms with E-state index in [9.17, 15) is 22.4 Å². The molecule has 0 bridgehead atoms. The van der Waals surface area contributed by atoms with Crippen molar-refractivity contribution in [3.63, 3.8) is 0 Å². The number of hydrazone groups is 1. The lowest BCUT2D eigenvalue weighted by molar-refractivity contribution is -0.120. The summed E-state index contributed by atoms with van der Waals surface area (Å²) in [6.45, 7) is 0.922. The molecule has 2 aromatic rings. The number of amides is 2. The number of carbonyl (C=O) groups excluding carboxylic acids is 2. The van der Waals surface area contributed by atoms with Crippen molar-refractivity contribution in [3.8, 4) is 0 Å². The van der Waals surface area contributed by atoms with E-state index in [4.69, 9.17) is 4.74 Å². The van der Waals surface area contributed by atoms with Gasteiger partial charge >= 0.3 is 0 Å². The summed E-state index contributed by atoms with van der Waals surface area (Å²) < 4.78 is 44.5. The molecule has 1 saturated heterocycles. The van der Waals surface area contributed by atoms with E-state index >= 15 is 0 Å². The molecule has 0 atom stereocenters. The van der Waals surface area contributed by atoms with E-state index in [1.165, 1.54) is 59.1 Å². The second kappa shape index (κ2) is 10.2. The Labute approximate surface area is 178 Å². The fourth-order valence-electron chi connectivity index (χ4n) is 2.74. The molecule has 0 saturated carbocycles. The first kappa shape index (κ1) is 22.5. The Hall–Kier alpha value is -3.15. The third-order valence-corrected chi connectivity index (χ3v) is 6.32. The largest absolute Gasteiger partial charge is 0.379 e. The van der Waals surface area contributed by atoms with Gasteiger partial charge in [-0.05, 0) is 42.0 Å². The highest BCUT2D eigenvalue weighted by Gasteiger charge is 2.26. The Morgan fingerprint density at radius 1 is 1.06 bits per heavy atom. The summed E-state index contributed by atoms with van der Waals surface area (Å²) in [6, 6.07) is 11.0. The lowest BCUT2D eigenvalue weighted by Gasteiger charge is -2.26. The van der Waals surface area contributed by atoms with Crippen molar-refractivity contribution in [1.82, 2.24) is 15.0 Å². The van der Waals surface area contributed by atoms with E-state index < -0.39 is 21.8 Å². The second-order valence-corrected chi connectivity index (χ2v) is 8.51. The Kier molecular flexibility index (Phi) is 7.45. The molecule has 2 amide bonds. The first-order valence-electron chi connectivity index (χ1n) is 9.40. The van der Waals surface area contributed by atoms with Crippen LogP contribution in [0.3, 0.4) is 0 Å². The summed E-state index contributed by atoms with van der Waals surface area (Å²) in [5.74, 6) is -1.47. The van der Waals surface area contributed by atoms with Gasteiger partial charge in [-0.1, -0.05) is 12.1 Å². The number of carbonyl (C=O) groups is 2. The van der Waals surface area contributed by atoms with Gasteiger partial charge in [0.1, 0.15) is 5.82 Å². The van der Waals surface area contributed by atoms with Crippen molar-refractivity contribution in [1.29, 1.82) is 0 Å². The van der Waals surface area contributed by atoms with Gasteiger partial charge in [-0.25, -0.2) is 18.2 Å². The fraction of sp³-hybridized carbons (Fsp3) is 0.250. The predicted octanol–water partition coefficient (Wildman–Crippen LogP) is 0.727. The number of sulfonamides is 1. The maximum absolute atomic E-state index is 12.8. The van der Waals surface area contributed by atoms with E-state index in [2.05, 4.69) is 15.8 Å². The van der Waals surface area contributed by atoms with Crippen molar-refractivity contribution in [2.45, 2.75) is 4.90 Å². The maximum atomic E-state index is 12.8. The van der Waals surface area contributed by atoms with Gasteiger partial charge in [0.2, 0.25) is 10.0 Å². The number of morpholine rings is 1. The molecule has 0 spiro atoms. The fourth-order valence-corrected chi connectivity index (χ4v) is 4.15. The molecule has 1 fully saturated rings. The average molecular weight is 448 g/mol. The molecule has 3 rings (SSSR count). The van der Waals surface area contributed by atoms with Crippen LogP contribution in [0.5, 0.6) is 0 Å². The molecule has 1 heterocycles. The average Bonchev–Trinajstić information content (AvgIpc) is 2.79. The molecule has 1 aliphatic rings. The molecule has 0 unspecified atom stereocenters. The first-order valence-corrected chi connectivity index (χ1v) is 10.8. The van der Waals surface area contributed by atoms with Gasteiger partial charge in [0.05, 0.1) is 30.9 Å². The van der Waals surface area contributed by atoms with Crippen LogP contribution in [-0.2, 0) is 19.6 Å². The van der Waals surface area contributed by atoms with Crippen molar-refractivity contribution in [3.05, 3.63) is 65.5 Å². The standard InChI is InChI=1S/C20H21FN4O5S/c21-17-5-1-15(2-6-17)13-23-24-19(26)14-22-20(27)16-3-7-18(8-4-16)31(28,29)25-9-11-30-12-10-25/h1-8,13H,9-12,14H2,(H,22,27)(H,24,26)/b23-13+. The summed E-state index contributed by atoms with van der Waals surface area (Å²) in [5.41, 5.74) is 3.05. The normalized spacial score (nSPS) is 15.0. The second-order valence-electron chi connectivity index (χ2n) is 6.57. The van der Waals surface area contributed by atoms with Crippen LogP contribution in [0.1, 0.15) is 15.9 Å². The zero-order valence-corrected chi connectivity index (χ0v) is 17.3. The minimum absolute atomic E-state index is 0.0822. The molecular weight excluding hydrogens is 427 g/mol. The van der Waals surface area contributed by atoms with Crippen LogP contribution in [0.25, 0.3) is 0 Å². The van der Waals surface area contributed by atoms with Crippen molar-refractivity contribution in [2.24, 2.45) is 5.10 Å². The number of rotatable bonds is 7. The Balaban J connectivity index is 1.50. The molecule has 0 radical (unpaired) electrons. The van der Waals surface area contributed by atoms with Gasteiger partial charge in [0.25, 0.3) is 11.8 Å². The van der Waals surface area contributed by atoms with Crippen LogP contribution in [0.15, 0.2) is 58.5 Å². The molecule has 31 heavy (non-hydrogen) atoms. The zero-order valence-electron chi connectivity index (χ0n) is 16.5. The van der Waals surface area contributed by atoms with E-state index in [1.54, 1.807) is 0 Å². The molecule has 0 aliphatic carbocycles. The molecule has 164 valence electrons. The Morgan fingerprint density at radius 2 is 1.71 bits per heavy atom. The van der Waals surface area contributed by atoms with Crippen LogP contribution in [0.4, 0.5) is 4.39 Å². The first-order chi connectivity index (χ1) is 14.9. The predicted molar refractivity (Wildman–Crippen MR) is 110 cm³/mol. The molecule has 2 aromatic carbocycles. The smallest absolute Gasteiger partial charge is 0.259 e. The monoisotopic (exact) mass is 448 g/mol. The van der Waals surface area contributed by atoms with Crippen molar-refractivity contribution >= 4 is 28.1 Å². The maximum Gasteiger partial charge on any atom is 0.259 e. The number of ether oxygens (including phenoxy) is 1. The van der Waals surface area contributed by atoms with Crippen LogP contribution < -0.4 is 10.7 Å². The van der Waals surface area contributed by atoms with E-state index in [0.717, 1.165) is 0 Å². The SMILES string of the molecule is O=C(CNC(=O)c1ccc(S(=O)(=O)N2CCOCC2)cc1)N/N=C/c1ccc(F)cc1. The van der Waals surface area contributed by atoms with Gasteiger partial charge in [0, 0.05) is 18.7 Å². The zero-order chi connectivity index (χ0) is 22.3. The number of halogens is 1. The van der Waals surface area contributed by atoms with Gasteiger partial charge in [0.15, 0.2) is 0 Å². The molecule has 11 heteroatoms. The molecule has 2 N–H and O–H groups in total. The summed E-state index contributed by atoms with van der Waals surface area (Å²) in [4.78, 5) is 24.1. The summed E-state index contributed by atoms with van der Waals surface area (Å²) in [5, 5.41) is 6.15. The van der Waals surface area contributed by atoms with Crippen LogP contribution in [-0.4, -0.2) is 63.6 Å².